The van der Waals surface area contributed by atoms with E-state index in [-0.39, 0.29) is 11.6 Å². The molecule has 0 spiro atoms. The molecular formula is C6H12N2O2S. The number of amidine groups is 1. The Bertz CT molecular complexity index is 264. The molecule has 1 fully saturated rings. The highest BCUT2D eigenvalue weighted by molar-refractivity contribution is 7.91. The Balaban J connectivity index is 2.48. The molecule has 4 nitrogen and oxygen atoms in total. The molecule has 0 atom stereocenters. The topological polar surface area (TPSA) is 72.5 Å². The normalized spacial score (nSPS) is 20.3. The van der Waals surface area contributed by atoms with Crippen molar-refractivity contribution in [2.24, 2.45) is 10.7 Å². The van der Waals surface area contributed by atoms with E-state index in [2.05, 4.69) is 4.99 Å². The van der Waals surface area contributed by atoms with Crippen LogP contribution in [0.25, 0.3) is 0 Å². The van der Waals surface area contributed by atoms with Crippen LogP contribution in [0.15, 0.2) is 4.99 Å². The molecule has 1 aliphatic carbocycles. The van der Waals surface area contributed by atoms with E-state index < -0.39 is 9.84 Å². The summed E-state index contributed by atoms with van der Waals surface area (Å²) in [5.74, 6) is 0.138. The summed E-state index contributed by atoms with van der Waals surface area (Å²) in [6.07, 6.45) is 3.25. The van der Waals surface area contributed by atoms with Crippen LogP contribution >= 0.6 is 0 Å². The molecule has 0 unspecified atom stereocenters. The zero-order chi connectivity index (χ0) is 8.48. The molecule has 1 saturated carbocycles. The Morgan fingerprint density at radius 3 is 2.55 bits per heavy atom. The average Bonchev–Trinajstić information content (AvgIpc) is 2.42. The van der Waals surface area contributed by atoms with E-state index in [1.165, 1.54) is 0 Å². The van der Waals surface area contributed by atoms with E-state index in [4.69, 9.17) is 5.73 Å². The lowest BCUT2D eigenvalue weighted by atomic mass is 10.6. The molecule has 0 aromatic carbocycles. The van der Waals surface area contributed by atoms with Crippen molar-refractivity contribution >= 4 is 15.7 Å². The lowest BCUT2D eigenvalue weighted by Gasteiger charge is -1.96. The van der Waals surface area contributed by atoms with E-state index >= 15 is 0 Å². The quantitative estimate of drug-likeness (QED) is 0.467. The first-order valence-corrected chi connectivity index (χ1v) is 5.53. The summed E-state index contributed by atoms with van der Waals surface area (Å²) in [5.41, 5.74) is 5.37. The van der Waals surface area contributed by atoms with Crippen molar-refractivity contribution in [2.75, 3.05) is 12.0 Å². The number of hydrogen-bond donors (Lipinski definition) is 1. The van der Waals surface area contributed by atoms with Crippen LogP contribution in [0.1, 0.15) is 12.8 Å². The molecule has 2 N–H and O–H groups in total. The van der Waals surface area contributed by atoms with Gasteiger partial charge in [0.05, 0.1) is 6.04 Å². The lowest BCUT2D eigenvalue weighted by molar-refractivity contribution is 0.605. The van der Waals surface area contributed by atoms with Gasteiger partial charge in [0, 0.05) is 6.26 Å². The van der Waals surface area contributed by atoms with Crippen LogP contribution in [-0.2, 0) is 9.84 Å². The molecule has 1 rings (SSSR count). The van der Waals surface area contributed by atoms with Crippen molar-refractivity contribution in [3.05, 3.63) is 0 Å². The maximum atomic E-state index is 10.7. The second kappa shape index (κ2) is 2.81. The molecule has 11 heavy (non-hydrogen) atoms. The standard InChI is InChI=1S/C6H12N2O2S/c1-11(9,10)4-6(7)8-5-2-3-5/h5H,2-4H2,1H3,(H2,7,8). The van der Waals surface area contributed by atoms with E-state index in [1.807, 2.05) is 0 Å². The molecule has 0 saturated heterocycles. The monoisotopic (exact) mass is 176 g/mol. The fraction of sp³-hybridized carbons (Fsp3) is 0.833. The molecule has 0 aromatic rings. The summed E-state index contributed by atoms with van der Waals surface area (Å²) in [5, 5.41) is 0. The van der Waals surface area contributed by atoms with E-state index in [9.17, 15) is 8.42 Å². The Morgan fingerprint density at radius 2 is 2.18 bits per heavy atom. The van der Waals surface area contributed by atoms with Gasteiger partial charge in [0.2, 0.25) is 0 Å². The molecule has 0 aromatic heterocycles. The van der Waals surface area contributed by atoms with Crippen molar-refractivity contribution in [1.29, 1.82) is 0 Å². The van der Waals surface area contributed by atoms with Crippen LogP contribution in [-0.4, -0.2) is 32.3 Å². The zero-order valence-electron chi connectivity index (χ0n) is 6.45. The summed E-state index contributed by atoms with van der Waals surface area (Å²) >= 11 is 0. The minimum absolute atomic E-state index is 0.108. The van der Waals surface area contributed by atoms with Gasteiger partial charge in [0.15, 0.2) is 9.84 Å². The maximum Gasteiger partial charge on any atom is 0.154 e. The van der Waals surface area contributed by atoms with E-state index in [0.29, 0.717) is 6.04 Å². The van der Waals surface area contributed by atoms with Gasteiger partial charge in [-0.1, -0.05) is 0 Å². The summed E-state index contributed by atoms with van der Waals surface area (Å²) < 4.78 is 21.4. The summed E-state index contributed by atoms with van der Waals surface area (Å²) in [6.45, 7) is 0. The number of aliphatic imine (C=N–C) groups is 1. The number of nitrogens with zero attached hydrogens (tertiary/aromatic N) is 1. The minimum Gasteiger partial charge on any atom is -0.387 e. The maximum absolute atomic E-state index is 10.7. The molecule has 0 aliphatic heterocycles. The van der Waals surface area contributed by atoms with Crippen molar-refractivity contribution < 1.29 is 8.42 Å². The fourth-order valence-electron chi connectivity index (χ4n) is 0.744. The Morgan fingerprint density at radius 1 is 1.64 bits per heavy atom. The Kier molecular flexibility index (Phi) is 2.17. The molecule has 0 amide bonds. The predicted octanol–water partition coefficient (Wildman–Crippen LogP) is -0.449. The molecule has 5 heteroatoms. The smallest absolute Gasteiger partial charge is 0.154 e. The summed E-state index contributed by atoms with van der Waals surface area (Å²) in [6, 6.07) is 0.303. The fourth-order valence-corrected chi connectivity index (χ4v) is 1.36. The van der Waals surface area contributed by atoms with E-state index in [1.54, 1.807) is 0 Å². The highest BCUT2D eigenvalue weighted by atomic mass is 32.2. The largest absolute Gasteiger partial charge is 0.387 e. The Labute approximate surface area is 66.4 Å². The third-order valence-electron chi connectivity index (χ3n) is 1.31. The summed E-state index contributed by atoms with van der Waals surface area (Å²) in [4.78, 5) is 3.99. The third kappa shape index (κ3) is 3.98. The van der Waals surface area contributed by atoms with Crippen LogP contribution in [0.5, 0.6) is 0 Å². The zero-order valence-corrected chi connectivity index (χ0v) is 7.26. The second-order valence-corrected chi connectivity index (χ2v) is 5.06. The van der Waals surface area contributed by atoms with Gasteiger partial charge in [0.1, 0.15) is 11.6 Å². The Hall–Kier alpha value is -0.580. The number of rotatable bonds is 3. The van der Waals surface area contributed by atoms with Crippen molar-refractivity contribution in [2.45, 2.75) is 18.9 Å². The van der Waals surface area contributed by atoms with Crippen LogP contribution in [0.2, 0.25) is 0 Å². The molecule has 0 heterocycles. The minimum atomic E-state index is -3.00. The van der Waals surface area contributed by atoms with Gasteiger partial charge in [-0.05, 0) is 12.8 Å². The van der Waals surface area contributed by atoms with Gasteiger partial charge in [-0.15, -0.1) is 0 Å². The first-order valence-electron chi connectivity index (χ1n) is 3.47. The van der Waals surface area contributed by atoms with Crippen LogP contribution in [0.4, 0.5) is 0 Å². The van der Waals surface area contributed by atoms with E-state index in [0.717, 1.165) is 19.1 Å². The summed E-state index contributed by atoms with van der Waals surface area (Å²) in [7, 11) is -3.00. The highest BCUT2D eigenvalue weighted by Gasteiger charge is 2.21. The first kappa shape index (κ1) is 8.52. The van der Waals surface area contributed by atoms with Crippen LogP contribution < -0.4 is 5.73 Å². The van der Waals surface area contributed by atoms with Crippen molar-refractivity contribution in [3.63, 3.8) is 0 Å². The van der Waals surface area contributed by atoms with Crippen molar-refractivity contribution in [3.8, 4) is 0 Å². The number of nitrogens with two attached hydrogens (primary N) is 1. The van der Waals surface area contributed by atoms with Crippen molar-refractivity contribution in [1.82, 2.24) is 0 Å². The molecule has 0 bridgehead atoms. The van der Waals surface area contributed by atoms with Gasteiger partial charge in [-0.25, -0.2) is 8.42 Å². The molecule has 0 radical (unpaired) electrons. The highest BCUT2D eigenvalue weighted by Crippen LogP contribution is 2.23. The lowest BCUT2D eigenvalue weighted by Crippen LogP contribution is -2.23. The predicted molar refractivity (Wildman–Crippen MR) is 44.4 cm³/mol. The molecule has 1 aliphatic rings. The van der Waals surface area contributed by atoms with Gasteiger partial charge in [-0.2, -0.15) is 0 Å². The number of hydrogen-bond acceptors (Lipinski definition) is 3. The van der Waals surface area contributed by atoms with Crippen LogP contribution in [0, 0.1) is 0 Å². The SMILES string of the molecule is CS(=O)(=O)CC(N)=NC1CC1. The van der Waals surface area contributed by atoms with Crippen LogP contribution in [0.3, 0.4) is 0 Å². The molecular weight excluding hydrogens is 164 g/mol. The van der Waals surface area contributed by atoms with Gasteiger partial charge < -0.3 is 5.73 Å². The van der Waals surface area contributed by atoms with Gasteiger partial charge in [-0.3, -0.25) is 4.99 Å². The van der Waals surface area contributed by atoms with Gasteiger partial charge >= 0.3 is 0 Å². The second-order valence-electron chi connectivity index (χ2n) is 2.92. The van der Waals surface area contributed by atoms with Gasteiger partial charge in [0.25, 0.3) is 0 Å². The third-order valence-corrected chi connectivity index (χ3v) is 2.13. The molecule has 64 valence electrons. The average molecular weight is 176 g/mol. The first-order chi connectivity index (χ1) is 4.97. The number of sulfone groups is 1.